The van der Waals surface area contributed by atoms with Crippen molar-refractivity contribution < 1.29 is 15.2 Å². The Labute approximate surface area is 63.4 Å². The second-order valence-electron chi connectivity index (χ2n) is 1.76. The molecule has 64 valence electrons. The summed E-state index contributed by atoms with van der Waals surface area (Å²) in [7, 11) is 1.48. The van der Waals surface area contributed by atoms with E-state index in [2.05, 4.69) is 5.10 Å². The van der Waals surface area contributed by atoms with Gasteiger partial charge in [0.25, 0.3) is 0 Å². The van der Waals surface area contributed by atoms with E-state index in [0.29, 0.717) is 0 Å². The molecule has 0 aromatic heterocycles. The van der Waals surface area contributed by atoms with Gasteiger partial charge in [0, 0.05) is 19.3 Å². The van der Waals surface area contributed by atoms with Gasteiger partial charge in [-0.25, -0.2) is 0 Å². The molecule has 11 heavy (non-hydrogen) atoms. The molecule has 0 atom stereocenters. The fourth-order valence-corrected chi connectivity index (χ4v) is 0.245. The summed E-state index contributed by atoms with van der Waals surface area (Å²) in [6, 6.07) is 0. The van der Waals surface area contributed by atoms with Crippen molar-refractivity contribution in [3.8, 4) is 0 Å². The number of nitrogens with one attached hydrogen (secondary N) is 1. The SMILES string of the molecule is CC(=O)N(C)/C=N/NN(O)O. The molecule has 0 fully saturated rings. The van der Waals surface area contributed by atoms with E-state index in [4.69, 9.17) is 10.4 Å². The zero-order valence-corrected chi connectivity index (χ0v) is 6.22. The Hall–Kier alpha value is -1.18. The number of hydrazine groups is 1. The minimum Gasteiger partial charge on any atom is -0.305 e. The first-order valence-corrected chi connectivity index (χ1v) is 2.74. The highest BCUT2D eigenvalue weighted by Gasteiger charge is 1.95. The Balaban J connectivity index is 3.65. The van der Waals surface area contributed by atoms with E-state index < -0.39 is 0 Å². The molecule has 0 spiro atoms. The summed E-state index contributed by atoms with van der Waals surface area (Å²) < 4.78 is 0. The number of hydrazone groups is 1. The van der Waals surface area contributed by atoms with Crippen LogP contribution >= 0.6 is 0 Å². The second-order valence-corrected chi connectivity index (χ2v) is 1.76. The van der Waals surface area contributed by atoms with Gasteiger partial charge in [-0.05, 0) is 0 Å². The summed E-state index contributed by atoms with van der Waals surface area (Å²) in [6.07, 6.45) is 1.10. The monoisotopic (exact) mass is 162 g/mol. The molecule has 0 aliphatic heterocycles. The van der Waals surface area contributed by atoms with Crippen molar-refractivity contribution in [3.05, 3.63) is 0 Å². The van der Waals surface area contributed by atoms with Crippen molar-refractivity contribution in [2.75, 3.05) is 7.05 Å². The summed E-state index contributed by atoms with van der Waals surface area (Å²) in [5, 5.41) is 19.0. The average molecular weight is 162 g/mol. The van der Waals surface area contributed by atoms with Gasteiger partial charge in [-0.15, -0.1) is 0 Å². The highest BCUT2D eigenvalue weighted by atomic mass is 16.8. The van der Waals surface area contributed by atoms with Crippen LogP contribution in [0.4, 0.5) is 0 Å². The van der Waals surface area contributed by atoms with Crippen molar-refractivity contribution >= 4 is 12.2 Å². The zero-order chi connectivity index (χ0) is 8.85. The Morgan fingerprint density at radius 2 is 2.18 bits per heavy atom. The molecule has 7 nitrogen and oxygen atoms in total. The largest absolute Gasteiger partial charge is 0.305 e. The third-order valence-electron chi connectivity index (χ3n) is 0.875. The maximum Gasteiger partial charge on any atom is 0.224 e. The van der Waals surface area contributed by atoms with Gasteiger partial charge in [0.15, 0.2) is 0 Å². The first-order chi connectivity index (χ1) is 5.04. The normalized spacial score (nSPS) is 10.6. The number of carbonyl (C=O) groups is 1. The predicted octanol–water partition coefficient (Wildman–Crippen LogP) is -1.01. The first-order valence-electron chi connectivity index (χ1n) is 2.74. The van der Waals surface area contributed by atoms with E-state index in [1.165, 1.54) is 14.0 Å². The molecule has 0 aliphatic carbocycles. The van der Waals surface area contributed by atoms with Gasteiger partial charge < -0.3 is 4.90 Å². The lowest BCUT2D eigenvalue weighted by molar-refractivity contribution is -0.342. The van der Waals surface area contributed by atoms with Gasteiger partial charge in [0.2, 0.25) is 5.91 Å². The molecular weight excluding hydrogens is 152 g/mol. The van der Waals surface area contributed by atoms with Crippen LogP contribution in [0.3, 0.4) is 0 Å². The van der Waals surface area contributed by atoms with Crippen molar-refractivity contribution in [1.82, 2.24) is 15.8 Å². The fourth-order valence-electron chi connectivity index (χ4n) is 0.245. The molecule has 0 bridgehead atoms. The van der Waals surface area contributed by atoms with Crippen LogP contribution < -0.4 is 5.53 Å². The van der Waals surface area contributed by atoms with Gasteiger partial charge in [-0.3, -0.25) is 15.2 Å². The van der Waals surface area contributed by atoms with Crippen LogP contribution in [-0.4, -0.2) is 39.9 Å². The van der Waals surface area contributed by atoms with Gasteiger partial charge >= 0.3 is 0 Å². The lowest BCUT2D eigenvalue weighted by Crippen LogP contribution is -2.29. The molecule has 0 heterocycles. The number of amides is 1. The summed E-state index contributed by atoms with van der Waals surface area (Å²) in [6.45, 7) is 1.35. The molecule has 0 aromatic carbocycles. The molecule has 0 radical (unpaired) electrons. The third kappa shape index (κ3) is 5.27. The number of rotatable bonds is 3. The molecule has 0 rings (SSSR count). The first kappa shape index (κ1) is 9.82. The molecule has 0 aromatic rings. The smallest absolute Gasteiger partial charge is 0.224 e. The quantitative estimate of drug-likeness (QED) is 0.281. The average Bonchev–Trinajstić information content (AvgIpc) is 1.86. The van der Waals surface area contributed by atoms with E-state index in [1.54, 1.807) is 5.53 Å². The van der Waals surface area contributed by atoms with Gasteiger partial charge in [0.05, 0.1) is 0 Å². The van der Waals surface area contributed by atoms with Crippen LogP contribution in [0.5, 0.6) is 0 Å². The molecule has 1 amide bonds. The van der Waals surface area contributed by atoms with Crippen LogP contribution in [0.15, 0.2) is 5.10 Å². The van der Waals surface area contributed by atoms with Crippen LogP contribution in [0, 0.1) is 0 Å². The number of hydrogen-bond acceptors (Lipinski definition) is 6. The van der Waals surface area contributed by atoms with Crippen molar-refractivity contribution in [1.29, 1.82) is 0 Å². The second kappa shape index (κ2) is 4.61. The van der Waals surface area contributed by atoms with Crippen molar-refractivity contribution in [3.63, 3.8) is 0 Å². The van der Waals surface area contributed by atoms with Crippen LogP contribution in [0.1, 0.15) is 6.92 Å². The minimum atomic E-state index is -0.329. The van der Waals surface area contributed by atoms with E-state index >= 15 is 0 Å². The molecule has 7 heteroatoms. The van der Waals surface area contributed by atoms with Gasteiger partial charge in [-0.2, -0.15) is 10.6 Å². The number of nitrogens with zero attached hydrogens (tertiary/aromatic N) is 3. The van der Waals surface area contributed by atoms with E-state index in [1.807, 2.05) is 0 Å². The topological polar surface area (TPSA) is 88.4 Å². The maximum absolute atomic E-state index is 10.5. The standard InChI is InChI=1S/C4H10N4O3/c1-4(9)7(2)3-5-6-8(10)11/h3,6,10-11H,1-2H3/b5-3+. The predicted molar refractivity (Wildman–Crippen MR) is 35.5 cm³/mol. The summed E-state index contributed by atoms with van der Waals surface area (Å²) >= 11 is 0. The molecule has 0 unspecified atom stereocenters. The molecule has 0 aliphatic rings. The van der Waals surface area contributed by atoms with Gasteiger partial charge in [0.1, 0.15) is 6.34 Å². The third-order valence-corrected chi connectivity index (χ3v) is 0.875. The Bertz CT molecular complexity index is 157. The number of carbonyl (C=O) groups excluding carboxylic acids is 1. The summed E-state index contributed by atoms with van der Waals surface area (Å²) in [5.74, 6) is -0.210. The zero-order valence-electron chi connectivity index (χ0n) is 6.22. The maximum atomic E-state index is 10.5. The molecular formula is C4H10N4O3. The highest BCUT2D eigenvalue weighted by Crippen LogP contribution is 1.75. The summed E-state index contributed by atoms with van der Waals surface area (Å²) in [4.78, 5) is 11.7. The van der Waals surface area contributed by atoms with E-state index in [0.717, 1.165) is 11.2 Å². The van der Waals surface area contributed by atoms with Crippen LogP contribution in [0.2, 0.25) is 0 Å². The van der Waals surface area contributed by atoms with Crippen LogP contribution in [-0.2, 0) is 4.79 Å². The highest BCUT2D eigenvalue weighted by molar-refractivity contribution is 5.85. The molecule has 0 saturated heterocycles. The Kier molecular flexibility index (Phi) is 4.11. The molecule has 0 saturated carbocycles. The van der Waals surface area contributed by atoms with Crippen molar-refractivity contribution in [2.24, 2.45) is 5.10 Å². The number of hydrogen-bond donors (Lipinski definition) is 3. The Morgan fingerprint density at radius 1 is 1.64 bits per heavy atom. The lowest BCUT2D eigenvalue weighted by Gasteiger charge is -2.07. The van der Waals surface area contributed by atoms with Gasteiger partial charge in [-0.1, -0.05) is 0 Å². The Morgan fingerprint density at radius 3 is 2.55 bits per heavy atom. The van der Waals surface area contributed by atoms with Crippen LogP contribution in [0.25, 0.3) is 0 Å². The lowest BCUT2D eigenvalue weighted by atomic mass is 10.6. The van der Waals surface area contributed by atoms with Crippen molar-refractivity contribution in [2.45, 2.75) is 6.92 Å². The molecule has 3 N–H and O–H groups in total. The summed E-state index contributed by atoms with van der Waals surface area (Å²) in [5.41, 5.74) is 1.75. The minimum absolute atomic E-state index is 0.210. The fraction of sp³-hybridized carbons (Fsp3) is 0.500. The van der Waals surface area contributed by atoms with E-state index in [-0.39, 0.29) is 11.2 Å². The van der Waals surface area contributed by atoms with E-state index in [9.17, 15) is 4.79 Å².